The lowest BCUT2D eigenvalue weighted by molar-refractivity contribution is 0.0213. The van der Waals surface area contributed by atoms with Crippen LogP contribution in [0.2, 0.25) is 0 Å². The van der Waals surface area contributed by atoms with Crippen molar-refractivity contribution >= 4 is 11.0 Å². The summed E-state index contributed by atoms with van der Waals surface area (Å²) >= 11 is 0. The minimum atomic E-state index is 0.0812. The summed E-state index contributed by atoms with van der Waals surface area (Å²) < 4.78 is 8.10. The molecule has 1 atom stereocenters. The molecule has 4 nitrogen and oxygen atoms in total. The van der Waals surface area contributed by atoms with Gasteiger partial charge < -0.3 is 14.4 Å². The van der Waals surface area contributed by atoms with Crippen LogP contribution in [-0.4, -0.2) is 27.9 Å². The van der Waals surface area contributed by atoms with Gasteiger partial charge in [0.25, 0.3) is 0 Å². The van der Waals surface area contributed by atoms with Crippen molar-refractivity contribution in [1.29, 1.82) is 0 Å². The molecule has 2 heterocycles. The molecule has 1 aliphatic rings. The number of aryl methyl sites for hydroxylation is 1. The highest BCUT2D eigenvalue weighted by molar-refractivity contribution is 5.76. The quantitative estimate of drug-likeness (QED) is 0.842. The molecule has 1 aromatic carbocycles. The van der Waals surface area contributed by atoms with Gasteiger partial charge in [0.05, 0.1) is 11.0 Å². The molecule has 96 valence electrons. The number of aromatic nitrogens is 2. The Hall–Kier alpha value is -1.39. The fourth-order valence-electron chi connectivity index (χ4n) is 2.59. The number of ether oxygens (including phenoxy) is 1. The standard InChI is InChI=1S/C14H18N2O2/c17-9-4-10-18-13-7-3-8-16-12-6-2-1-5-11(12)15-14(13)16/h1-2,5-6,13,17H,3-4,7-10H2. The van der Waals surface area contributed by atoms with E-state index >= 15 is 0 Å². The second kappa shape index (κ2) is 5.08. The topological polar surface area (TPSA) is 47.3 Å². The number of hydrogen-bond donors (Lipinski definition) is 1. The molecule has 0 radical (unpaired) electrons. The van der Waals surface area contributed by atoms with Crippen molar-refractivity contribution in [3.8, 4) is 0 Å². The first-order chi connectivity index (χ1) is 8.90. The van der Waals surface area contributed by atoms with E-state index in [1.165, 1.54) is 5.52 Å². The largest absolute Gasteiger partial charge is 0.396 e. The Morgan fingerprint density at radius 1 is 1.39 bits per heavy atom. The maximum atomic E-state index is 8.80. The molecule has 2 aromatic rings. The Bertz CT molecular complexity index is 536. The molecule has 0 spiro atoms. The predicted octanol–water partition coefficient (Wildman–Crippen LogP) is 2.27. The van der Waals surface area contributed by atoms with Gasteiger partial charge in [0.2, 0.25) is 0 Å². The Balaban J connectivity index is 1.90. The number of para-hydroxylation sites is 2. The smallest absolute Gasteiger partial charge is 0.139 e. The fourth-order valence-corrected chi connectivity index (χ4v) is 2.59. The number of aliphatic hydroxyl groups excluding tert-OH is 1. The van der Waals surface area contributed by atoms with Gasteiger partial charge in [0.15, 0.2) is 0 Å². The summed E-state index contributed by atoms with van der Waals surface area (Å²) in [6.07, 6.45) is 2.92. The molecule has 3 rings (SSSR count). The zero-order chi connectivity index (χ0) is 12.4. The van der Waals surface area contributed by atoms with Gasteiger partial charge in [-0.05, 0) is 31.4 Å². The van der Waals surface area contributed by atoms with Crippen molar-refractivity contribution < 1.29 is 9.84 Å². The zero-order valence-electron chi connectivity index (χ0n) is 10.4. The van der Waals surface area contributed by atoms with Crippen LogP contribution in [0.1, 0.15) is 31.2 Å². The molecular formula is C14H18N2O2. The van der Waals surface area contributed by atoms with Crippen molar-refractivity contribution in [2.24, 2.45) is 0 Å². The Kier molecular flexibility index (Phi) is 3.30. The molecule has 0 bridgehead atoms. The number of fused-ring (bicyclic) bond motifs is 3. The van der Waals surface area contributed by atoms with Crippen LogP contribution in [0, 0.1) is 0 Å². The van der Waals surface area contributed by atoms with E-state index in [2.05, 4.69) is 15.6 Å². The van der Waals surface area contributed by atoms with E-state index in [1.807, 2.05) is 18.2 Å². The second-order valence-corrected chi connectivity index (χ2v) is 4.69. The van der Waals surface area contributed by atoms with Crippen molar-refractivity contribution in [2.75, 3.05) is 13.2 Å². The van der Waals surface area contributed by atoms with Crippen LogP contribution >= 0.6 is 0 Å². The molecule has 1 aliphatic heterocycles. The first kappa shape index (κ1) is 11.7. The summed E-state index contributed by atoms with van der Waals surface area (Å²) in [4.78, 5) is 4.69. The van der Waals surface area contributed by atoms with E-state index in [0.29, 0.717) is 13.0 Å². The second-order valence-electron chi connectivity index (χ2n) is 4.69. The van der Waals surface area contributed by atoms with Gasteiger partial charge >= 0.3 is 0 Å². The molecule has 4 heteroatoms. The third-order valence-corrected chi connectivity index (χ3v) is 3.44. The zero-order valence-corrected chi connectivity index (χ0v) is 10.4. The number of benzene rings is 1. The van der Waals surface area contributed by atoms with Crippen LogP contribution in [0.15, 0.2) is 24.3 Å². The lowest BCUT2D eigenvalue weighted by Gasteiger charge is -2.23. The third kappa shape index (κ3) is 2.02. The summed E-state index contributed by atoms with van der Waals surface area (Å²) in [6.45, 7) is 1.81. The van der Waals surface area contributed by atoms with Crippen LogP contribution in [0.4, 0.5) is 0 Å². The average molecular weight is 246 g/mol. The summed E-state index contributed by atoms with van der Waals surface area (Å²) in [5, 5.41) is 8.80. The highest BCUT2D eigenvalue weighted by Gasteiger charge is 2.24. The van der Waals surface area contributed by atoms with Crippen LogP contribution in [0.25, 0.3) is 11.0 Å². The van der Waals surface area contributed by atoms with Crippen molar-refractivity contribution in [3.63, 3.8) is 0 Å². The lowest BCUT2D eigenvalue weighted by atomic mass is 10.1. The number of hydrogen-bond acceptors (Lipinski definition) is 3. The molecule has 0 aliphatic carbocycles. The highest BCUT2D eigenvalue weighted by atomic mass is 16.5. The van der Waals surface area contributed by atoms with Gasteiger partial charge in [-0.15, -0.1) is 0 Å². The van der Waals surface area contributed by atoms with Crippen molar-refractivity contribution in [2.45, 2.75) is 31.9 Å². The van der Waals surface area contributed by atoms with Gasteiger partial charge in [-0.3, -0.25) is 0 Å². The molecule has 0 saturated heterocycles. The van der Waals surface area contributed by atoms with Gasteiger partial charge in [-0.1, -0.05) is 12.1 Å². The predicted molar refractivity (Wildman–Crippen MR) is 69.4 cm³/mol. The Morgan fingerprint density at radius 3 is 3.17 bits per heavy atom. The Morgan fingerprint density at radius 2 is 2.28 bits per heavy atom. The Labute approximate surface area is 106 Å². The van der Waals surface area contributed by atoms with Crippen LogP contribution in [0.3, 0.4) is 0 Å². The van der Waals surface area contributed by atoms with Crippen LogP contribution in [0.5, 0.6) is 0 Å². The van der Waals surface area contributed by atoms with Gasteiger partial charge in [-0.2, -0.15) is 0 Å². The average Bonchev–Trinajstić information content (AvgIpc) is 2.79. The number of imidazole rings is 1. The van der Waals surface area contributed by atoms with Crippen molar-refractivity contribution in [1.82, 2.24) is 9.55 Å². The normalized spacial score (nSPS) is 19.1. The molecule has 1 unspecified atom stereocenters. The number of rotatable bonds is 4. The molecule has 18 heavy (non-hydrogen) atoms. The van der Waals surface area contributed by atoms with E-state index < -0.39 is 0 Å². The molecule has 0 saturated carbocycles. The molecule has 0 fully saturated rings. The van der Waals surface area contributed by atoms with E-state index in [1.54, 1.807) is 0 Å². The van der Waals surface area contributed by atoms with Crippen LogP contribution in [-0.2, 0) is 11.3 Å². The number of nitrogens with zero attached hydrogens (tertiary/aromatic N) is 2. The fraction of sp³-hybridized carbons (Fsp3) is 0.500. The molecular weight excluding hydrogens is 228 g/mol. The summed E-state index contributed by atoms with van der Waals surface area (Å²) in [7, 11) is 0. The molecule has 1 N–H and O–H groups in total. The van der Waals surface area contributed by atoms with Crippen LogP contribution < -0.4 is 0 Å². The highest BCUT2D eigenvalue weighted by Crippen LogP contribution is 2.31. The summed E-state index contributed by atoms with van der Waals surface area (Å²) in [5.74, 6) is 1.04. The lowest BCUT2D eigenvalue weighted by Crippen LogP contribution is -2.19. The van der Waals surface area contributed by atoms with Gasteiger partial charge in [0, 0.05) is 19.8 Å². The van der Waals surface area contributed by atoms with E-state index in [9.17, 15) is 0 Å². The minimum absolute atomic E-state index is 0.0812. The van der Waals surface area contributed by atoms with E-state index in [-0.39, 0.29) is 12.7 Å². The maximum absolute atomic E-state index is 8.80. The SMILES string of the molecule is OCCCOC1CCCn2c1nc1ccccc12. The van der Waals surface area contributed by atoms with Crippen molar-refractivity contribution in [3.05, 3.63) is 30.1 Å². The maximum Gasteiger partial charge on any atom is 0.139 e. The first-order valence-electron chi connectivity index (χ1n) is 6.58. The van der Waals surface area contributed by atoms with E-state index in [0.717, 1.165) is 30.7 Å². The minimum Gasteiger partial charge on any atom is -0.396 e. The van der Waals surface area contributed by atoms with E-state index in [4.69, 9.17) is 9.84 Å². The van der Waals surface area contributed by atoms with Gasteiger partial charge in [-0.25, -0.2) is 4.98 Å². The molecule has 1 aromatic heterocycles. The monoisotopic (exact) mass is 246 g/mol. The number of aliphatic hydroxyl groups is 1. The van der Waals surface area contributed by atoms with Gasteiger partial charge in [0.1, 0.15) is 11.9 Å². The summed E-state index contributed by atoms with van der Waals surface area (Å²) in [6, 6.07) is 8.23. The molecule has 0 amide bonds. The first-order valence-corrected chi connectivity index (χ1v) is 6.58. The third-order valence-electron chi connectivity index (χ3n) is 3.44. The summed E-state index contributed by atoms with van der Waals surface area (Å²) in [5.41, 5.74) is 2.24.